The number of hydrogen-bond acceptors (Lipinski definition) is 5. The summed E-state index contributed by atoms with van der Waals surface area (Å²) < 4.78 is 0. The predicted octanol–water partition coefficient (Wildman–Crippen LogP) is 7.25. The number of nitrogens with zero attached hydrogens (tertiary/aromatic N) is 3. The van der Waals surface area contributed by atoms with E-state index in [0.29, 0.717) is 0 Å². The Hall–Kier alpha value is -2.86. The lowest BCUT2D eigenvalue weighted by atomic mass is 10.00. The third-order valence-corrected chi connectivity index (χ3v) is 7.23. The molecule has 2 N–H and O–H groups in total. The van der Waals surface area contributed by atoms with E-state index in [1.165, 1.54) is 31.5 Å². The first-order chi connectivity index (χ1) is 17.0. The number of likely N-dealkylation sites (tertiary alicyclic amines) is 1. The largest absolute Gasteiger partial charge is 0.505 e. The first kappa shape index (κ1) is 23.9. The van der Waals surface area contributed by atoms with E-state index >= 15 is 0 Å². The molecule has 2 aromatic carbocycles. The van der Waals surface area contributed by atoms with Gasteiger partial charge in [-0.05, 0) is 91.4 Å². The highest BCUT2D eigenvalue weighted by atomic mass is 35.5. The number of aromatic nitrogens is 2. The first-order valence-corrected chi connectivity index (χ1v) is 12.8. The van der Waals surface area contributed by atoms with Gasteiger partial charge in [0.1, 0.15) is 0 Å². The van der Waals surface area contributed by atoms with Crippen LogP contribution in [-0.4, -0.2) is 39.6 Å². The second-order valence-electron chi connectivity index (χ2n) is 9.04. The highest BCUT2D eigenvalue weighted by Gasteiger charge is 2.14. The van der Waals surface area contributed by atoms with E-state index in [1.54, 1.807) is 12.1 Å². The summed E-state index contributed by atoms with van der Waals surface area (Å²) >= 11 is 12.4. The van der Waals surface area contributed by atoms with Crippen molar-refractivity contribution in [1.82, 2.24) is 14.9 Å². The van der Waals surface area contributed by atoms with Gasteiger partial charge in [0.15, 0.2) is 5.75 Å². The topological polar surface area (TPSA) is 61.3 Å². The van der Waals surface area contributed by atoms with E-state index in [0.717, 1.165) is 58.4 Å². The minimum Gasteiger partial charge on any atom is -0.505 e. The zero-order chi connectivity index (χ0) is 24.4. The van der Waals surface area contributed by atoms with Crippen molar-refractivity contribution < 1.29 is 5.11 Å². The SMILES string of the molecule is CCc1cnc2ccc(-c3cc(Cl)c(O)c(Cl)c3)cc2c1Nc1cncc(CCN2CCCC2)c1. The van der Waals surface area contributed by atoms with Gasteiger partial charge in [-0.2, -0.15) is 0 Å². The smallest absolute Gasteiger partial charge is 0.152 e. The summed E-state index contributed by atoms with van der Waals surface area (Å²) in [6.07, 6.45) is 10.2. The third-order valence-electron chi connectivity index (χ3n) is 6.66. The van der Waals surface area contributed by atoms with Gasteiger partial charge in [0.05, 0.1) is 33.1 Å². The van der Waals surface area contributed by atoms with Crippen molar-refractivity contribution in [3.8, 4) is 16.9 Å². The third kappa shape index (κ3) is 5.22. The normalized spacial score (nSPS) is 14.0. The summed E-state index contributed by atoms with van der Waals surface area (Å²) in [5, 5.41) is 15.0. The van der Waals surface area contributed by atoms with Crippen molar-refractivity contribution in [3.63, 3.8) is 0 Å². The molecule has 0 bridgehead atoms. The molecule has 180 valence electrons. The summed E-state index contributed by atoms with van der Waals surface area (Å²) in [5.74, 6) is -0.104. The van der Waals surface area contributed by atoms with E-state index in [9.17, 15) is 5.11 Å². The van der Waals surface area contributed by atoms with Crippen LogP contribution in [0.4, 0.5) is 11.4 Å². The Morgan fingerprint density at radius 2 is 1.74 bits per heavy atom. The Kier molecular flexibility index (Phi) is 7.09. The molecule has 1 aliphatic heterocycles. The average Bonchev–Trinajstić information content (AvgIpc) is 3.40. The minimum atomic E-state index is -0.104. The summed E-state index contributed by atoms with van der Waals surface area (Å²) in [7, 11) is 0. The highest BCUT2D eigenvalue weighted by Crippen LogP contribution is 2.38. The molecule has 2 aromatic heterocycles. The van der Waals surface area contributed by atoms with Gasteiger partial charge in [-0.15, -0.1) is 0 Å². The lowest BCUT2D eigenvalue weighted by Gasteiger charge is -2.17. The fourth-order valence-electron chi connectivity index (χ4n) is 4.69. The molecule has 35 heavy (non-hydrogen) atoms. The Labute approximate surface area is 215 Å². The molecule has 5 rings (SSSR count). The van der Waals surface area contributed by atoms with Gasteiger partial charge in [0.25, 0.3) is 0 Å². The maximum atomic E-state index is 9.96. The summed E-state index contributed by atoms with van der Waals surface area (Å²) in [6, 6.07) is 11.7. The van der Waals surface area contributed by atoms with Crippen molar-refractivity contribution in [2.75, 3.05) is 25.0 Å². The van der Waals surface area contributed by atoms with Crippen LogP contribution in [-0.2, 0) is 12.8 Å². The maximum Gasteiger partial charge on any atom is 0.152 e. The van der Waals surface area contributed by atoms with Gasteiger partial charge < -0.3 is 15.3 Å². The fraction of sp³-hybridized carbons (Fsp3) is 0.286. The van der Waals surface area contributed by atoms with Gasteiger partial charge in [0, 0.05) is 24.3 Å². The molecule has 0 spiro atoms. The van der Waals surface area contributed by atoms with Crippen molar-refractivity contribution in [1.29, 1.82) is 0 Å². The summed E-state index contributed by atoms with van der Waals surface area (Å²) in [5.41, 5.74) is 7.00. The highest BCUT2D eigenvalue weighted by molar-refractivity contribution is 6.37. The van der Waals surface area contributed by atoms with E-state index in [4.69, 9.17) is 23.2 Å². The van der Waals surface area contributed by atoms with E-state index in [1.807, 2.05) is 30.7 Å². The van der Waals surface area contributed by atoms with Crippen molar-refractivity contribution >= 4 is 45.5 Å². The van der Waals surface area contributed by atoms with Crippen LogP contribution in [0.2, 0.25) is 10.0 Å². The van der Waals surface area contributed by atoms with Gasteiger partial charge in [-0.3, -0.25) is 9.97 Å². The zero-order valence-electron chi connectivity index (χ0n) is 19.7. The van der Waals surface area contributed by atoms with Gasteiger partial charge in [0.2, 0.25) is 0 Å². The number of hydrogen-bond donors (Lipinski definition) is 2. The molecule has 0 atom stereocenters. The van der Waals surface area contributed by atoms with Crippen molar-refractivity contribution in [2.45, 2.75) is 32.6 Å². The maximum absolute atomic E-state index is 9.96. The Morgan fingerprint density at radius 3 is 2.49 bits per heavy atom. The van der Waals surface area contributed by atoms with Gasteiger partial charge in [-0.1, -0.05) is 36.2 Å². The Morgan fingerprint density at radius 1 is 0.971 bits per heavy atom. The first-order valence-electron chi connectivity index (χ1n) is 12.0. The lowest BCUT2D eigenvalue weighted by molar-refractivity contribution is 0.343. The molecule has 3 heterocycles. The second-order valence-corrected chi connectivity index (χ2v) is 9.85. The van der Waals surface area contributed by atoms with Crippen LogP contribution in [0.1, 0.15) is 30.9 Å². The van der Waals surface area contributed by atoms with Crippen LogP contribution < -0.4 is 5.32 Å². The number of halogens is 2. The molecule has 0 aliphatic carbocycles. The Bertz CT molecular complexity index is 1350. The number of anilines is 2. The molecule has 1 fully saturated rings. The Balaban J connectivity index is 1.49. The molecule has 0 radical (unpaired) electrons. The van der Waals surface area contributed by atoms with E-state index in [2.05, 4.69) is 39.2 Å². The zero-order valence-corrected chi connectivity index (χ0v) is 21.2. The van der Waals surface area contributed by atoms with Gasteiger partial charge in [-0.25, -0.2) is 0 Å². The number of phenolic OH excluding ortho intramolecular Hbond substituents is 1. The summed E-state index contributed by atoms with van der Waals surface area (Å²) in [4.78, 5) is 11.7. The van der Waals surface area contributed by atoms with Gasteiger partial charge >= 0.3 is 0 Å². The number of benzene rings is 2. The average molecular weight is 507 g/mol. The van der Waals surface area contributed by atoms with Crippen molar-refractivity contribution in [3.05, 3.63) is 76.2 Å². The molecule has 0 unspecified atom stereocenters. The molecule has 1 saturated heterocycles. The standard InChI is InChI=1S/C28H28Cl2N4O/c1-2-19-16-32-26-6-5-20(21-13-24(29)28(35)25(30)14-21)12-23(26)27(19)33-22-11-18(15-31-17-22)7-10-34-8-3-4-9-34/h5-6,11-17,35H,2-4,7-10H2,1H3,(H,32,33). The monoisotopic (exact) mass is 506 g/mol. The van der Waals surface area contributed by atoms with E-state index < -0.39 is 0 Å². The number of pyridine rings is 2. The fourth-order valence-corrected chi connectivity index (χ4v) is 5.18. The van der Waals surface area contributed by atoms with Crippen LogP contribution in [0.3, 0.4) is 0 Å². The van der Waals surface area contributed by atoms with Crippen LogP contribution in [0.15, 0.2) is 55.0 Å². The van der Waals surface area contributed by atoms with Crippen molar-refractivity contribution in [2.24, 2.45) is 0 Å². The molecular weight excluding hydrogens is 479 g/mol. The number of fused-ring (bicyclic) bond motifs is 1. The summed E-state index contributed by atoms with van der Waals surface area (Å²) in [6.45, 7) is 5.61. The quantitative estimate of drug-likeness (QED) is 0.276. The molecule has 4 aromatic rings. The number of aryl methyl sites for hydroxylation is 1. The molecule has 0 saturated carbocycles. The predicted molar refractivity (Wildman–Crippen MR) is 145 cm³/mol. The number of aromatic hydroxyl groups is 1. The van der Waals surface area contributed by atoms with Crippen LogP contribution in [0.25, 0.3) is 22.0 Å². The second kappa shape index (κ2) is 10.4. The molecule has 1 aliphatic rings. The van der Waals surface area contributed by atoms with Crippen LogP contribution in [0.5, 0.6) is 5.75 Å². The molecular formula is C28H28Cl2N4O. The van der Waals surface area contributed by atoms with Crippen LogP contribution >= 0.6 is 23.2 Å². The van der Waals surface area contributed by atoms with E-state index in [-0.39, 0.29) is 15.8 Å². The number of rotatable bonds is 7. The van der Waals surface area contributed by atoms with Crippen LogP contribution in [0, 0.1) is 0 Å². The molecule has 7 heteroatoms. The number of nitrogens with one attached hydrogen (secondary N) is 1. The minimum absolute atomic E-state index is 0.104. The lowest BCUT2D eigenvalue weighted by Crippen LogP contribution is -2.21. The molecule has 0 amide bonds. The molecule has 5 nitrogen and oxygen atoms in total. The number of phenols is 1.